The highest BCUT2D eigenvalue weighted by molar-refractivity contribution is 6.30. The lowest BCUT2D eigenvalue weighted by molar-refractivity contribution is -0.115. The van der Waals surface area contributed by atoms with Gasteiger partial charge >= 0.3 is 0 Å². The van der Waals surface area contributed by atoms with Crippen molar-refractivity contribution in [3.05, 3.63) is 58.9 Å². The first-order valence-corrected chi connectivity index (χ1v) is 7.38. The molecule has 0 saturated heterocycles. The average molecular weight is 314 g/mol. The molecule has 0 aliphatic heterocycles. The van der Waals surface area contributed by atoms with Crippen LogP contribution in [0.4, 0.5) is 5.69 Å². The van der Waals surface area contributed by atoms with E-state index in [-0.39, 0.29) is 5.91 Å². The Hall–Kier alpha value is -2.33. The van der Waals surface area contributed by atoms with Gasteiger partial charge in [0, 0.05) is 17.8 Å². The van der Waals surface area contributed by atoms with E-state index in [0.717, 1.165) is 28.1 Å². The van der Waals surface area contributed by atoms with Gasteiger partial charge in [0.2, 0.25) is 5.91 Å². The Kier molecular flexibility index (Phi) is 3.86. The lowest BCUT2D eigenvalue weighted by atomic mass is 10.1. The number of hydrogen-bond acceptors (Lipinski definition) is 2. The summed E-state index contributed by atoms with van der Waals surface area (Å²) < 4.78 is 2.02. The number of aryl methyl sites for hydroxylation is 2. The van der Waals surface area contributed by atoms with Crippen molar-refractivity contribution in [1.29, 1.82) is 0 Å². The fraction of sp³-hybridized carbons (Fsp3) is 0.176. The van der Waals surface area contributed by atoms with E-state index in [4.69, 9.17) is 11.6 Å². The normalized spacial score (nSPS) is 10.9. The van der Waals surface area contributed by atoms with Gasteiger partial charge in [-0.25, -0.2) is 4.98 Å². The molecular formula is C17H16ClN3O. The summed E-state index contributed by atoms with van der Waals surface area (Å²) in [5.74, 6) is 0.883. The van der Waals surface area contributed by atoms with Gasteiger partial charge in [-0.2, -0.15) is 0 Å². The molecule has 0 saturated carbocycles. The number of rotatable bonds is 3. The van der Waals surface area contributed by atoms with Crippen molar-refractivity contribution in [2.75, 3.05) is 5.32 Å². The zero-order chi connectivity index (χ0) is 15.7. The third-order valence-corrected chi connectivity index (χ3v) is 3.92. The van der Waals surface area contributed by atoms with Crippen LogP contribution in [0.2, 0.25) is 5.02 Å². The third kappa shape index (κ3) is 2.97. The summed E-state index contributed by atoms with van der Waals surface area (Å²) in [5.41, 5.74) is 3.61. The van der Waals surface area contributed by atoms with Gasteiger partial charge in [-0.15, -0.1) is 0 Å². The Labute approximate surface area is 133 Å². The summed E-state index contributed by atoms with van der Waals surface area (Å²) in [6, 6.07) is 13.0. The topological polar surface area (TPSA) is 46.9 Å². The largest absolute Gasteiger partial charge is 0.331 e. The number of fused-ring (bicyclic) bond motifs is 1. The maximum absolute atomic E-state index is 12.1. The molecule has 3 rings (SSSR count). The second-order valence-electron chi connectivity index (χ2n) is 5.27. The van der Waals surface area contributed by atoms with Crippen LogP contribution in [0.5, 0.6) is 0 Å². The highest BCUT2D eigenvalue weighted by Crippen LogP contribution is 2.19. The van der Waals surface area contributed by atoms with Crippen LogP contribution in [0.1, 0.15) is 11.4 Å². The number of halogens is 1. The summed E-state index contributed by atoms with van der Waals surface area (Å²) in [7, 11) is 1.98. The standard InChI is InChI=1S/C17H16ClN3O/c1-11-19-15-10-14(7-8-16(15)21(11)2)20-17(22)9-12-3-5-13(18)6-4-12/h3-8,10H,9H2,1-2H3,(H,20,22). The maximum Gasteiger partial charge on any atom is 0.228 e. The van der Waals surface area contributed by atoms with Gasteiger partial charge in [-0.1, -0.05) is 23.7 Å². The molecule has 112 valence electrons. The number of carbonyl (C=O) groups excluding carboxylic acids is 1. The molecule has 5 heteroatoms. The molecule has 22 heavy (non-hydrogen) atoms. The highest BCUT2D eigenvalue weighted by atomic mass is 35.5. The summed E-state index contributed by atoms with van der Waals surface area (Å²) in [6.07, 6.45) is 0.316. The smallest absolute Gasteiger partial charge is 0.228 e. The Bertz CT molecular complexity index is 837. The molecule has 1 amide bonds. The number of hydrogen-bond donors (Lipinski definition) is 1. The molecule has 0 atom stereocenters. The van der Waals surface area contributed by atoms with Gasteiger partial charge in [-0.05, 0) is 42.8 Å². The molecule has 0 radical (unpaired) electrons. The first-order valence-electron chi connectivity index (χ1n) is 7.00. The summed E-state index contributed by atoms with van der Waals surface area (Å²) >= 11 is 5.84. The second kappa shape index (κ2) is 5.81. The first-order chi connectivity index (χ1) is 10.5. The van der Waals surface area contributed by atoms with Crippen LogP contribution in [-0.2, 0) is 18.3 Å². The van der Waals surface area contributed by atoms with E-state index >= 15 is 0 Å². The molecule has 0 bridgehead atoms. The number of aromatic nitrogens is 2. The maximum atomic E-state index is 12.1. The fourth-order valence-corrected chi connectivity index (χ4v) is 2.52. The quantitative estimate of drug-likeness (QED) is 0.801. The van der Waals surface area contributed by atoms with Crippen LogP contribution in [0.15, 0.2) is 42.5 Å². The number of anilines is 1. The Morgan fingerprint density at radius 2 is 1.95 bits per heavy atom. The molecule has 0 fully saturated rings. The fourth-order valence-electron chi connectivity index (χ4n) is 2.39. The minimum atomic E-state index is -0.0608. The molecule has 4 nitrogen and oxygen atoms in total. The van der Waals surface area contributed by atoms with E-state index in [1.165, 1.54) is 0 Å². The van der Waals surface area contributed by atoms with Gasteiger partial charge in [0.05, 0.1) is 17.5 Å². The lowest BCUT2D eigenvalue weighted by Gasteiger charge is -2.06. The third-order valence-electron chi connectivity index (χ3n) is 3.67. The Morgan fingerprint density at radius 1 is 1.23 bits per heavy atom. The molecule has 1 aromatic heterocycles. The molecule has 2 aromatic carbocycles. The molecule has 0 aliphatic carbocycles. The Balaban J connectivity index is 1.74. The van der Waals surface area contributed by atoms with E-state index < -0.39 is 0 Å². The van der Waals surface area contributed by atoms with Gasteiger partial charge < -0.3 is 9.88 Å². The van der Waals surface area contributed by atoms with Crippen molar-refractivity contribution in [3.63, 3.8) is 0 Å². The summed E-state index contributed by atoms with van der Waals surface area (Å²) in [4.78, 5) is 16.6. The predicted molar refractivity (Wildman–Crippen MR) is 89.2 cm³/mol. The van der Waals surface area contributed by atoms with Gasteiger partial charge in [-0.3, -0.25) is 4.79 Å². The molecule has 0 aliphatic rings. The van der Waals surface area contributed by atoms with Crippen molar-refractivity contribution in [2.45, 2.75) is 13.3 Å². The minimum Gasteiger partial charge on any atom is -0.331 e. The molecule has 1 N–H and O–H groups in total. The molecular weight excluding hydrogens is 298 g/mol. The van der Waals surface area contributed by atoms with Crippen molar-refractivity contribution in [1.82, 2.24) is 9.55 Å². The van der Waals surface area contributed by atoms with E-state index in [1.54, 1.807) is 12.1 Å². The summed E-state index contributed by atoms with van der Waals surface area (Å²) in [5, 5.41) is 3.57. The van der Waals surface area contributed by atoms with Gasteiger partial charge in [0.1, 0.15) is 5.82 Å². The minimum absolute atomic E-state index is 0.0608. The van der Waals surface area contributed by atoms with Crippen LogP contribution in [0.25, 0.3) is 11.0 Å². The average Bonchev–Trinajstić information content (AvgIpc) is 2.76. The second-order valence-corrected chi connectivity index (χ2v) is 5.71. The number of imidazole rings is 1. The zero-order valence-electron chi connectivity index (χ0n) is 12.4. The van der Waals surface area contributed by atoms with Crippen molar-refractivity contribution in [2.24, 2.45) is 7.05 Å². The molecule has 3 aromatic rings. The van der Waals surface area contributed by atoms with E-state index in [1.807, 2.05) is 48.9 Å². The van der Waals surface area contributed by atoms with Crippen LogP contribution >= 0.6 is 11.6 Å². The monoisotopic (exact) mass is 313 g/mol. The lowest BCUT2D eigenvalue weighted by Crippen LogP contribution is -2.14. The highest BCUT2D eigenvalue weighted by Gasteiger charge is 2.08. The van der Waals surface area contributed by atoms with Crippen molar-refractivity contribution < 1.29 is 4.79 Å². The molecule has 0 unspecified atom stereocenters. The van der Waals surface area contributed by atoms with Crippen LogP contribution < -0.4 is 5.32 Å². The van der Waals surface area contributed by atoms with Crippen LogP contribution in [0.3, 0.4) is 0 Å². The molecule has 0 spiro atoms. The number of nitrogens with zero attached hydrogens (tertiary/aromatic N) is 2. The van der Waals surface area contributed by atoms with E-state index in [9.17, 15) is 4.79 Å². The van der Waals surface area contributed by atoms with Gasteiger partial charge in [0.15, 0.2) is 0 Å². The predicted octanol–water partition coefficient (Wildman–Crippen LogP) is 3.72. The number of benzene rings is 2. The van der Waals surface area contributed by atoms with Crippen molar-refractivity contribution >= 4 is 34.2 Å². The summed E-state index contributed by atoms with van der Waals surface area (Å²) in [6.45, 7) is 1.96. The zero-order valence-corrected chi connectivity index (χ0v) is 13.2. The van der Waals surface area contributed by atoms with Crippen LogP contribution in [-0.4, -0.2) is 15.5 Å². The van der Waals surface area contributed by atoms with E-state index in [0.29, 0.717) is 11.4 Å². The van der Waals surface area contributed by atoms with Gasteiger partial charge in [0.25, 0.3) is 0 Å². The van der Waals surface area contributed by atoms with E-state index in [2.05, 4.69) is 10.3 Å². The first kappa shape index (κ1) is 14.6. The number of nitrogens with one attached hydrogen (secondary N) is 1. The number of amides is 1. The SMILES string of the molecule is Cc1nc2cc(NC(=O)Cc3ccc(Cl)cc3)ccc2n1C. The molecule has 1 heterocycles. The Morgan fingerprint density at radius 3 is 2.68 bits per heavy atom. The number of carbonyl (C=O) groups is 1. The van der Waals surface area contributed by atoms with Crippen molar-refractivity contribution in [3.8, 4) is 0 Å². The van der Waals surface area contributed by atoms with Crippen LogP contribution in [0, 0.1) is 6.92 Å².